The topological polar surface area (TPSA) is 35.2 Å². The Balaban J connectivity index is 3.37. The van der Waals surface area contributed by atoms with Crippen LogP contribution in [-0.2, 0) is 4.94 Å². The summed E-state index contributed by atoms with van der Waals surface area (Å²) in [4.78, 5) is 3.37. The quantitative estimate of drug-likeness (QED) is 0.605. The molecular weight excluding hydrogens is 109 g/mol. The maximum absolute atomic E-state index is 11.1. The Hall–Kier alpha value is -0.150. The van der Waals surface area contributed by atoms with Gasteiger partial charge < -0.3 is 5.73 Å². The van der Waals surface area contributed by atoms with Gasteiger partial charge in [0.25, 0.3) is 0 Å². The SMILES string of the molecule is CCC(C)(N)COF. The highest BCUT2D eigenvalue weighted by atomic mass is 19.3. The zero-order valence-corrected chi connectivity index (χ0v) is 5.28. The summed E-state index contributed by atoms with van der Waals surface area (Å²) in [5.74, 6) is 0. The molecule has 0 aromatic rings. The van der Waals surface area contributed by atoms with Crippen LogP contribution in [0.5, 0.6) is 0 Å². The maximum atomic E-state index is 11.1. The summed E-state index contributed by atoms with van der Waals surface area (Å²) in [6.07, 6.45) is 0.719. The minimum Gasteiger partial charge on any atom is -0.323 e. The first kappa shape index (κ1) is 7.85. The van der Waals surface area contributed by atoms with Gasteiger partial charge in [0.15, 0.2) is 0 Å². The molecule has 50 valence electrons. The normalized spacial score (nSPS) is 18.0. The molecule has 0 aromatic carbocycles. The van der Waals surface area contributed by atoms with Crippen molar-refractivity contribution in [3.63, 3.8) is 0 Å². The van der Waals surface area contributed by atoms with Crippen LogP contribution in [0.3, 0.4) is 0 Å². The van der Waals surface area contributed by atoms with Gasteiger partial charge in [-0.25, -0.2) is 0 Å². The molecule has 2 nitrogen and oxygen atoms in total. The molecule has 0 heterocycles. The van der Waals surface area contributed by atoms with Crippen molar-refractivity contribution in [1.29, 1.82) is 0 Å². The van der Waals surface area contributed by atoms with E-state index >= 15 is 0 Å². The van der Waals surface area contributed by atoms with Crippen LogP contribution in [0.1, 0.15) is 20.3 Å². The van der Waals surface area contributed by atoms with E-state index in [1.54, 1.807) is 6.92 Å². The van der Waals surface area contributed by atoms with Gasteiger partial charge >= 0.3 is 0 Å². The summed E-state index contributed by atoms with van der Waals surface area (Å²) in [5, 5.41) is 0. The Morgan fingerprint density at radius 1 is 1.75 bits per heavy atom. The molecule has 0 fully saturated rings. The van der Waals surface area contributed by atoms with E-state index in [0.717, 1.165) is 6.42 Å². The number of hydrogen-bond donors (Lipinski definition) is 1. The Kier molecular flexibility index (Phi) is 2.94. The van der Waals surface area contributed by atoms with Crippen molar-refractivity contribution in [3.05, 3.63) is 0 Å². The van der Waals surface area contributed by atoms with Crippen LogP contribution < -0.4 is 5.73 Å². The molecule has 0 aliphatic rings. The van der Waals surface area contributed by atoms with Gasteiger partial charge in [-0.3, -0.25) is 0 Å². The Morgan fingerprint density at radius 2 is 2.25 bits per heavy atom. The second-order valence-corrected chi connectivity index (χ2v) is 2.26. The maximum Gasteiger partial charge on any atom is 0.105 e. The van der Waals surface area contributed by atoms with E-state index in [-0.39, 0.29) is 6.61 Å². The van der Waals surface area contributed by atoms with Crippen LogP contribution in [0.25, 0.3) is 0 Å². The van der Waals surface area contributed by atoms with Crippen LogP contribution >= 0.6 is 0 Å². The monoisotopic (exact) mass is 121 g/mol. The first-order valence-electron chi connectivity index (χ1n) is 2.65. The number of halogens is 1. The lowest BCUT2D eigenvalue weighted by atomic mass is 10.0. The average molecular weight is 121 g/mol. The average Bonchev–Trinajstić information content (AvgIpc) is 1.67. The molecule has 3 heteroatoms. The van der Waals surface area contributed by atoms with Gasteiger partial charge in [0.1, 0.15) is 6.61 Å². The molecule has 0 spiro atoms. The van der Waals surface area contributed by atoms with Crippen molar-refractivity contribution in [1.82, 2.24) is 0 Å². The molecule has 0 aliphatic carbocycles. The zero-order valence-electron chi connectivity index (χ0n) is 5.28. The molecular formula is C5H12FNO. The van der Waals surface area contributed by atoms with Gasteiger partial charge in [-0.1, -0.05) is 6.92 Å². The molecule has 0 saturated heterocycles. The van der Waals surface area contributed by atoms with Gasteiger partial charge in [0, 0.05) is 5.54 Å². The molecule has 2 N–H and O–H groups in total. The summed E-state index contributed by atoms with van der Waals surface area (Å²) in [6.45, 7) is 3.61. The van der Waals surface area contributed by atoms with Crippen molar-refractivity contribution >= 4 is 0 Å². The molecule has 0 aromatic heterocycles. The molecule has 0 bridgehead atoms. The standard InChI is InChI=1S/C5H12FNO/c1-3-5(2,7)4-8-6/h3-4,7H2,1-2H3. The molecule has 1 unspecified atom stereocenters. The Labute approximate surface area is 48.7 Å². The van der Waals surface area contributed by atoms with Crippen LogP contribution in [0, 0.1) is 0 Å². The predicted octanol–water partition coefficient (Wildman–Crippen LogP) is 1.01. The third-order valence-electron chi connectivity index (χ3n) is 1.19. The second-order valence-electron chi connectivity index (χ2n) is 2.26. The van der Waals surface area contributed by atoms with Crippen LogP contribution in [-0.4, -0.2) is 12.1 Å². The van der Waals surface area contributed by atoms with Crippen LogP contribution in [0.4, 0.5) is 4.53 Å². The fraction of sp³-hybridized carbons (Fsp3) is 1.00. The van der Waals surface area contributed by atoms with E-state index in [2.05, 4.69) is 4.94 Å². The summed E-state index contributed by atoms with van der Waals surface area (Å²) >= 11 is 0. The van der Waals surface area contributed by atoms with Crippen LogP contribution in [0.2, 0.25) is 0 Å². The molecule has 8 heavy (non-hydrogen) atoms. The number of nitrogens with two attached hydrogens (primary N) is 1. The first-order chi connectivity index (χ1) is 3.62. The highest BCUT2D eigenvalue weighted by Crippen LogP contribution is 2.03. The van der Waals surface area contributed by atoms with Crippen molar-refractivity contribution in [2.45, 2.75) is 25.8 Å². The van der Waals surface area contributed by atoms with E-state index in [1.807, 2.05) is 6.92 Å². The molecule has 0 saturated carbocycles. The van der Waals surface area contributed by atoms with Gasteiger partial charge in [0.2, 0.25) is 0 Å². The van der Waals surface area contributed by atoms with E-state index in [4.69, 9.17) is 5.73 Å². The summed E-state index contributed by atoms with van der Waals surface area (Å²) < 4.78 is 11.1. The molecule has 1 atom stereocenters. The zero-order chi connectivity index (χ0) is 6.62. The Bertz CT molecular complexity index is 65.4. The first-order valence-corrected chi connectivity index (χ1v) is 2.65. The highest BCUT2D eigenvalue weighted by molar-refractivity contribution is 4.74. The summed E-state index contributed by atoms with van der Waals surface area (Å²) in [5.41, 5.74) is 4.96. The lowest BCUT2D eigenvalue weighted by molar-refractivity contribution is -0.147. The second kappa shape index (κ2) is 2.99. The lowest BCUT2D eigenvalue weighted by Crippen LogP contribution is -2.39. The van der Waals surface area contributed by atoms with Crippen molar-refractivity contribution in [3.8, 4) is 0 Å². The molecule has 0 amide bonds. The fourth-order valence-electron chi connectivity index (χ4n) is 0.227. The minimum absolute atomic E-state index is 0.0243. The molecule has 0 aliphatic heterocycles. The molecule has 0 rings (SSSR count). The van der Waals surface area contributed by atoms with Gasteiger partial charge in [-0.05, 0) is 17.9 Å². The van der Waals surface area contributed by atoms with Gasteiger partial charge in [0.05, 0.1) is 0 Å². The lowest BCUT2D eigenvalue weighted by Gasteiger charge is -2.18. The van der Waals surface area contributed by atoms with E-state index in [1.165, 1.54) is 0 Å². The van der Waals surface area contributed by atoms with Crippen molar-refractivity contribution in [2.24, 2.45) is 5.73 Å². The smallest absolute Gasteiger partial charge is 0.105 e. The van der Waals surface area contributed by atoms with E-state index < -0.39 is 5.54 Å². The van der Waals surface area contributed by atoms with Crippen molar-refractivity contribution in [2.75, 3.05) is 6.61 Å². The number of rotatable bonds is 3. The Morgan fingerprint density at radius 3 is 2.38 bits per heavy atom. The third-order valence-corrected chi connectivity index (χ3v) is 1.19. The summed E-state index contributed by atoms with van der Waals surface area (Å²) in [7, 11) is 0. The van der Waals surface area contributed by atoms with Crippen LogP contribution in [0.15, 0.2) is 0 Å². The van der Waals surface area contributed by atoms with Gasteiger partial charge in [-0.2, -0.15) is 4.94 Å². The fourth-order valence-corrected chi connectivity index (χ4v) is 0.227. The predicted molar refractivity (Wildman–Crippen MR) is 29.9 cm³/mol. The summed E-state index contributed by atoms with van der Waals surface area (Å²) in [6, 6.07) is 0. The van der Waals surface area contributed by atoms with Gasteiger partial charge in [-0.15, -0.1) is 0 Å². The number of hydrogen-bond acceptors (Lipinski definition) is 2. The third kappa shape index (κ3) is 2.93. The highest BCUT2D eigenvalue weighted by Gasteiger charge is 2.15. The minimum atomic E-state index is -0.505. The van der Waals surface area contributed by atoms with E-state index in [0.29, 0.717) is 0 Å². The largest absolute Gasteiger partial charge is 0.323 e. The van der Waals surface area contributed by atoms with Crippen molar-refractivity contribution < 1.29 is 9.47 Å². The molecule has 0 radical (unpaired) electrons. The van der Waals surface area contributed by atoms with E-state index in [9.17, 15) is 4.53 Å².